The van der Waals surface area contributed by atoms with Gasteiger partial charge in [-0.15, -0.1) is 0 Å². The monoisotopic (exact) mass is 368 g/mol. The number of fused-ring (bicyclic) bond motifs is 1. The normalized spacial score (nSPS) is 11.6. The third-order valence-electron chi connectivity index (χ3n) is 4.05. The van der Waals surface area contributed by atoms with Gasteiger partial charge >= 0.3 is 0 Å². The van der Waals surface area contributed by atoms with Crippen molar-refractivity contribution in [3.8, 4) is 0 Å². The lowest BCUT2D eigenvalue weighted by atomic mass is 10.1. The molecule has 134 valence electrons. The first-order valence-corrected chi connectivity index (χ1v) is 10.0. The Morgan fingerprint density at radius 1 is 0.923 bits per heavy atom. The summed E-state index contributed by atoms with van der Waals surface area (Å²) in [5, 5.41) is 4.75. The number of rotatable bonds is 6. The summed E-state index contributed by atoms with van der Waals surface area (Å²) in [5.41, 5.74) is 1.50. The first-order chi connectivity index (χ1) is 12.4. The van der Waals surface area contributed by atoms with Gasteiger partial charge in [0.1, 0.15) is 0 Å². The minimum atomic E-state index is -3.52. The van der Waals surface area contributed by atoms with Crippen molar-refractivity contribution in [3.63, 3.8) is 0 Å². The third-order valence-corrected chi connectivity index (χ3v) is 5.25. The van der Waals surface area contributed by atoms with E-state index in [-0.39, 0.29) is 19.0 Å². The molecule has 0 unspecified atom stereocenters. The number of hydrogen-bond donors (Lipinski definition) is 1. The Labute approximate surface area is 153 Å². The second kappa shape index (κ2) is 7.68. The molecule has 0 aliphatic carbocycles. The first kappa shape index (κ1) is 18.1. The molecule has 0 bridgehead atoms. The molecule has 0 saturated heterocycles. The molecule has 0 aliphatic rings. The van der Waals surface area contributed by atoms with Crippen molar-refractivity contribution in [3.05, 3.63) is 78.4 Å². The molecule has 0 atom stereocenters. The Balaban J connectivity index is 1.77. The van der Waals surface area contributed by atoms with Crippen molar-refractivity contribution in [1.82, 2.24) is 4.31 Å². The molecule has 0 aliphatic heterocycles. The largest absolute Gasteiger partial charge is 0.324 e. The summed E-state index contributed by atoms with van der Waals surface area (Å²) in [6.07, 6.45) is 1.11. The van der Waals surface area contributed by atoms with Crippen molar-refractivity contribution in [2.75, 3.05) is 18.1 Å². The fraction of sp³-hybridized carbons (Fsp3) is 0.150. The van der Waals surface area contributed by atoms with E-state index in [9.17, 15) is 13.2 Å². The van der Waals surface area contributed by atoms with E-state index < -0.39 is 10.0 Å². The second-order valence-corrected chi connectivity index (χ2v) is 8.07. The van der Waals surface area contributed by atoms with Crippen molar-refractivity contribution < 1.29 is 13.2 Å². The number of nitrogens with one attached hydrogen (secondary N) is 1. The van der Waals surface area contributed by atoms with Gasteiger partial charge in [0.05, 0.1) is 12.8 Å². The summed E-state index contributed by atoms with van der Waals surface area (Å²) in [5.74, 6) is -0.372. The maximum Gasteiger partial charge on any atom is 0.239 e. The molecular formula is C20H20N2O3S. The molecule has 3 aromatic carbocycles. The molecule has 0 aromatic heterocycles. The highest BCUT2D eigenvalue weighted by molar-refractivity contribution is 7.88. The summed E-state index contributed by atoms with van der Waals surface area (Å²) < 4.78 is 25.3. The van der Waals surface area contributed by atoms with Crippen molar-refractivity contribution >= 4 is 32.4 Å². The average Bonchev–Trinajstić information content (AvgIpc) is 2.61. The number of hydrogen-bond acceptors (Lipinski definition) is 3. The molecule has 0 spiro atoms. The van der Waals surface area contributed by atoms with Gasteiger partial charge in [-0.3, -0.25) is 4.79 Å². The molecule has 5 nitrogen and oxygen atoms in total. The van der Waals surface area contributed by atoms with Crippen LogP contribution >= 0.6 is 0 Å². The van der Waals surface area contributed by atoms with Crippen LogP contribution in [0, 0.1) is 0 Å². The zero-order valence-corrected chi connectivity index (χ0v) is 15.2. The summed E-state index contributed by atoms with van der Waals surface area (Å²) in [7, 11) is -3.52. The maximum atomic E-state index is 12.5. The number of anilines is 1. The molecule has 0 fully saturated rings. The van der Waals surface area contributed by atoms with Crippen LogP contribution in [0.4, 0.5) is 5.69 Å². The number of nitrogens with zero attached hydrogens (tertiary/aromatic N) is 1. The van der Waals surface area contributed by atoms with Crippen molar-refractivity contribution in [2.45, 2.75) is 6.54 Å². The number of carbonyl (C=O) groups is 1. The van der Waals surface area contributed by atoms with Crippen LogP contribution in [-0.2, 0) is 21.4 Å². The van der Waals surface area contributed by atoms with Crippen LogP contribution in [0.15, 0.2) is 72.8 Å². The van der Waals surface area contributed by atoms with E-state index in [4.69, 9.17) is 0 Å². The molecule has 3 rings (SSSR count). The molecule has 0 heterocycles. The van der Waals surface area contributed by atoms with E-state index in [1.165, 1.54) is 4.31 Å². The Morgan fingerprint density at radius 2 is 1.58 bits per heavy atom. The smallest absolute Gasteiger partial charge is 0.239 e. The van der Waals surface area contributed by atoms with Gasteiger partial charge in [0.2, 0.25) is 15.9 Å². The van der Waals surface area contributed by atoms with E-state index in [2.05, 4.69) is 5.32 Å². The zero-order valence-electron chi connectivity index (χ0n) is 14.4. The van der Waals surface area contributed by atoms with Crippen molar-refractivity contribution in [1.29, 1.82) is 0 Å². The summed E-state index contributed by atoms with van der Waals surface area (Å²) in [4.78, 5) is 12.5. The number of carbonyl (C=O) groups excluding carboxylic acids is 1. The van der Waals surface area contributed by atoms with Crippen LogP contribution in [0.3, 0.4) is 0 Å². The Kier molecular flexibility index (Phi) is 5.35. The van der Waals surface area contributed by atoms with Crippen LogP contribution in [0.25, 0.3) is 10.8 Å². The Morgan fingerprint density at radius 3 is 2.31 bits per heavy atom. The van der Waals surface area contributed by atoms with Gasteiger partial charge in [0, 0.05) is 17.6 Å². The summed E-state index contributed by atoms with van der Waals surface area (Å²) >= 11 is 0. The second-order valence-electron chi connectivity index (χ2n) is 6.09. The fourth-order valence-corrected chi connectivity index (χ4v) is 3.50. The van der Waals surface area contributed by atoms with Crippen LogP contribution in [-0.4, -0.2) is 31.4 Å². The lowest BCUT2D eigenvalue weighted by Crippen LogP contribution is -2.36. The first-order valence-electron chi connectivity index (χ1n) is 8.20. The highest BCUT2D eigenvalue weighted by Gasteiger charge is 2.20. The predicted octanol–water partition coefficient (Wildman–Crippen LogP) is 3.24. The fourth-order valence-electron chi connectivity index (χ4n) is 2.76. The minimum Gasteiger partial charge on any atom is -0.324 e. The Hall–Kier alpha value is -2.70. The van der Waals surface area contributed by atoms with Crippen molar-refractivity contribution in [2.24, 2.45) is 0 Å². The maximum absolute atomic E-state index is 12.5. The van der Waals surface area contributed by atoms with Gasteiger partial charge in [0.15, 0.2) is 0 Å². The van der Waals surface area contributed by atoms with Gasteiger partial charge in [0.25, 0.3) is 0 Å². The average molecular weight is 368 g/mol. The van der Waals surface area contributed by atoms with Gasteiger partial charge in [-0.05, 0) is 17.0 Å². The molecule has 3 aromatic rings. The molecule has 1 amide bonds. The molecule has 6 heteroatoms. The SMILES string of the molecule is CS(=O)(=O)N(CC(=O)Nc1cccc2ccccc12)Cc1ccccc1. The van der Waals surface area contributed by atoms with E-state index in [1.54, 1.807) is 0 Å². The molecule has 26 heavy (non-hydrogen) atoms. The van der Waals surface area contributed by atoms with Gasteiger partial charge in [-0.1, -0.05) is 66.7 Å². The minimum absolute atomic E-state index is 0.155. The third kappa shape index (κ3) is 4.47. The van der Waals surface area contributed by atoms with Crippen LogP contribution in [0.2, 0.25) is 0 Å². The van der Waals surface area contributed by atoms with Crippen LogP contribution < -0.4 is 5.32 Å². The number of amides is 1. The standard InChI is InChI=1S/C20H20N2O3S/c1-26(24,25)22(14-16-8-3-2-4-9-16)15-20(23)21-19-13-7-11-17-10-5-6-12-18(17)19/h2-13H,14-15H2,1H3,(H,21,23). The molecular weight excluding hydrogens is 348 g/mol. The summed E-state index contributed by atoms with van der Waals surface area (Å²) in [6, 6.07) is 22.5. The molecule has 1 N–H and O–H groups in total. The summed E-state index contributed by atoms with van der Waals surface area (Å²) in [6.45, 7) is -0.0838. The quantitative estimate of drug-likeness (QED) is 0.726. The highest BCUT2D eigenvalue weighted by Crippen LogP contribution is 2.23. The lowest BCUT2D eigenvalue weighted by Gasteiger charge is -2.20. The van der Waals surface area contributed by atoms with E-state index >= 15 is 0 Å². The van der Waals surface area contributed by atoms with E-state index in [0.29, 0.717) is 5.69 Å². The number of sulfonamides is 1. The van der Waals surface area contributed by atoms with E-state index in [0.717, 1.165) is 22.6 Å². The molecule has 0 radical (unpaired) electrons. The van der Waals surface area contributed by atoms with E-state index in [1.807, 2.05) is 72.8 Å². The number of benzene rings is 3. The highest BCUT2D eigenvalue weighted by atomic mass is 32.2. The van der Waals surface area contributed by atoms with Crippen LogP contribution in [0.1, 0.15) is 5.56 Å². The van der Waals surface area contributed by atoms with Gasteiger partial charge < -0.3 is 5.32 Å². The van der Waals surface area contributed by atoms with Gasteiger partial charge in [-0.25, -0.2) is 8.42 Å². The van der Waals surface area contributed by atoms with Gasteiger partial charge in [-0.2, -0.15) is 4.31 Å². The topological polar surface area (TPSA) is 66.5 Å². The molecule has 0 saturated carbocycles. The van der Waals surface area contributed by atoms with Crippen LogP contribution in [0.5, 0.6) is 0 Å². The zero-order chi connectivity index (χ0) is 18.6. The lowest BCUT2D eigenvalue weighted by molar-refractivity contribution is -0.116. The Bertz CT molecular complexity index is 1010. The predicted molar refractivity (Wildman–Crippen MR) is 104 cm³/mol.